The van der Waals surface area contributed by atoms with Crippen molar-refractivity contribution in [3.8, 4) is 5.75 Å². The van der Waals surface area contributed by atoms with Crippen LogP contribution >= 0.6 is 23.8 Å². The van der Waals surface area contributed by atoms with Crippen molar-refractivity contribution in [2.24, 2.45) is 11.1 Å². The van der Waals surface area contributed by atoms with E-state index in [1.807, 2.05) is 0 Å². The molecule has 0 radical (unpaired) electrons. The lowest BCUT2D eigenvalue weighted by atomic mass is 9.85. The van der Waals surface area contributed by atoms with Crippen LogP contribution in [0.4, 0.5) is 5.69 Å². The normalized spacial score (nSPS) is 16.7. The van der Waals surface area contributed by atoms with E-state index in [0.717, 1.165) is 12.8 Å². The number of amides is 1. The quantitative estimate of drug-likeness (QED) is 0.838. The molecule has 1 aromatic rings. The zero-order valence-corrected chi connectivity index (χ0v) is 12.8. The van der Waals surface area contributed by atoms with Gasteiger partial charge in [0.15, 0.2) is 0 Å². The summed E-state index contributed by atoms with van der Waals surface area (Å²) in [5, 5.41) is 3.30. The fraction of sp³-hybridized carbons (Fsp3) is 0.429. The van der Waals surface area contributed by atoms with E-state index in [1.165, 1.54) is 0 Å². The SMILES string of the molecule is COc1ccc(NC(=O)C2(C(N)=S)CCCC2)cc1Cl. The Balaban J connectivity index is 2.19. The summed E-state index contributed by atoms with van der Waals surface area (Å²) in [6, 6.07) is 5.10. The molecule has 0 unspecified atom stereocenters. The third-order valence-electron chi connectivity index (χ3n) is 3.77. The second kappa shape index (κ2) is 5.97. The lowest BCUT2D eigenvalue weighted by Gasteiger charge is -2.26. The van der Waals surface area contributed by atoms with E-state index in [9.17, 15) is 4.79 Å². The Morgan fingerprint density at radius 1 is 1.45 bits per heavy atom. The molecule has 1 amide bonds. The van der Waals surface area contributed by atoms with Gasteiger partial charge < -0.3 is 15.8 Å². The Morgan fingerprint density at radius 2 is 2.10 bits per heavy atom. The van der Waals surface area contributed by atoms with Gasteiger partial charge in [-0.05, 0) is 31.0 Å². The topological polar surface area (TPSA) is 64.3 Å². The molecule has 0 atom stereocenters. The summed E-state index contributed by atoms with van der Waals surface area (Å²) in [4.78, 5) is 12.8. The van der Waals surface area contributed by atoms with Crippen molar-refractivity contribution in [2.75, 3.05) is 12.4 Å². The molecule has 0 aromatic heterocycles. The molecule has 1 aromatic carbocycles. The molecular weight excluding hydrogens is 296 g/mol. The van der Waals surface area contributed by atoms with Gasteiger partial charge in [0.1, 0.15) is 5.75 Å². The molecule has 1 aliphatic rings. The number of hydrogen-bond acceptors (Lipinski definition) is 3. The van der Waals surface area contributed by atoms with Crippen LogP contribution in [0.5, 0.6) is 5.75 Å². The maximum atomic E-state index is 12.5. The molecule has 4 nitrogen and oxygen atoms in total. The minimum Gasteiger partial charge on any atom is -0.495 e. The molecule has 20 heavy (non-hydrogen) atoms. The number of nitrogens with one attached hydrogen (secondary N) is 1. The summed E-state index contributed by atoms with van der Waals surface area (Å²) in [5.41, 5.74) is 5.68. The number of ether oxygens (including phenoxy) is 1. The van der Waals surface area contributed by atoms with E-state index in [4.69, 9.17) is 34.3 Å². The first-order chi connectivity index (χ1) is 9.49. The molecule has 108 valence electrons. The number of methoxy groups -OCH3 is 1. The van der Waals surface area contributed by atoms with Gasteiger partial charge >= 0.3 is 0 Å². The fourth-order valence-corrected chi connectivity index (χ4v) is 3.11. The Labute approximate surface area is 128 Å². The average Bonchev–Trinajstić information content (AvgIpc) is 2.89. The number of carbonyl (C=O) groups excluding carboxylic acids is 1. The summed E-state index contributed by atoms with van der Waals surface area (Å²) < 4.78 is 5.08. The maximum Gasteiger partial charge on any atom is 0.237 e. The molecule has 2 rings (SSSR count). The van der Waals surface area contributed by atoms with E-state index in [0.29, 0.717) is 29.3 Å². The number of benzene rings is 1. The third kappa shape index (κ3) is 2.74. The Bertz CT molecular complexity index is 542. The minimum absolute atomic E-state index is 0.149. The first-order valence-electron chi connectivity index (χ1n) is 6.44. The molecule has 1 fully saturated rings. The maximum absolute atomic E-state index is 12.5. The lowest BCUT2D eigenvalue weighted by molar-refractivity contribution is -0.122. The van der Waals surface area contributed by atoms with Crippen LogP contribution in [-0.2, 0) is 4.79 Å². The molecule has 0 heterocycles. The van der Waals surface area contributed by atoms with Gasteiger partial charge in [-0.15, -0.1) is 0 Å². The van der Waals surface area contributed by atoms with Crippen molar-refractivity contribution in [1.82, 2.24) is 0 Å². The molecule has 0 bridgehead atoms. The van der Waals surface area contributed by atoms with Crippen LogP contribution in [0.15, 0.2) is 18.2 Å². The highest BCUT2D eigenvalue weighted by molar-refractivity contribution is 7.80. The lowest BCUT2D eigenvalue weighted by Crippen LogP contribution is -2.43. The number of anilines is 1. The highest BCUT2D eigenvalue weighted by atomic mass is 35.5. The number of nitrogens with two attached hydrogens (primary N) is 1. The van der Waals surface area contributed by atoms with Gasteiger partial charge in [-0.1, -0.05) is 36.7 Å². The monoisotopic (exact) mass is 312 g/mol. The summed E-state index contributed by atoms with van der Waals surface area (Å²) in [5.74, 6) is 0.415. The minimum atomic E-state index is -0.720. The standard InChI is InChI=1S/C14H17ClN2O2S/c1-19-11-5-4-9(8-10(11)15)17-13(18)14(12(16)20)6-2-3-7-14/h4-5,8H,2-3,6-7H2,1H3,(H2,16,20)(H,17,18). The molecule has 0 aliphatic heterocycles. The van der Waals surface area contributed by atoms with E-state index in [-0.39, 0.29) is 10.9 Å². The zero-order chi connectivity index (χ0) is 14.8. The van der Waals surface area contributed by atoms with Gasteiger partial charge in [-0.2, -0.15) is 0 Å². The molecule has 3 N–H and O–H groups in total. The largest absolute Gasteiger partial charge is 0.495 e. The number of halogens is 1. The van der Waals surface area contributed by atoms with Gasteiger partial charge in [0.05, 0.1) is 22.5 Å². The summed E-state index contributed by atoms with van der Waals surface area (Å²) in [6.45, 7) is 0. The summed E-state index contributed by atoms with van der Waals surface area (Å²) in [6.07, 6.45) is 3.35. The van der Waals surface area contributed by atoms with Crippen molar-refractivity contribution in [1.29, 1.82) is 0 Å². The van der Waals surface area contributed by atoms with Crippen LogP contribution < -0.4 is 15.8 Å². The average molecular weight is 313 g/mol. The van der Waals surface area contributed by atoms with Crippen molar-refractivity contribution >= 4 is 40.4 Å². The number of hydrogen-bond donors (Lipinski definition) is 2. The predicted molar refractivity (Wildman–Crippen MR) is 84.3 cm³/mol. The van der Waals surface area contributed by atoms with Crippen LogP contribution in [0, 0.1) is 5.41 Å². The number of carbonyl (C=O) groups is 1. The fourth-order valence-electron chi connectivity index (χ4n) is 2.56. The zero-order valence-electron chi connectivity index (χ0n) is 11.2. The molecule has 0 spiro atoms. The van der Waals surface area contributed by atoms with Crippen LogP contribution in [0.2, 0.25) is 5.02 Å². The van der Waals surface area contributed by atoms with Gasteiger partial charge in [-0.25, -0.2) is 0 Å². The van der Waals surface area contributed by atoms with Crippen LogP contribution in [0.3, 0.4) is 0 Å². The van der Waals surface area contributed by atoms with E-state index in [2.05, 4.69) is 5.32 Å². The van der Waals surface area contributed by atoms with Crippen molar-refractivity contribution in [3.63, 3.8) is 0 Å². The van der Waals surface area contributed by atoms with Crippen LogP contribution in [0.25, 0.3) is 0 Å². The van der Waals surface area contributed by atoms with Crippen LogP contribution in [0.1, 0.15) is 25.7 Å². The van der Waals surface area contributed by atoms with Crippen molar-refractivity contribution in [3.05, 3.63) is 23.2 Å². The molecular formula is C14H17ClN2O2S. The first kappa shape index (κ1) is 15.1. The second-order valence-corrected chi connectivity index (χ2v) is 5.80. The Morgan fingerprint density at radius 3 is 2.60 bits per heavy atom. The van der Waals surface area contributed by atoms with E-state index >= 15 is 0 Å². The van der Waals surface area contributed by atoms with Gasteiger partial charge in [0.25, 0.3) is 0 Å². The van der Waals surface area contributed by atoms with E-state index < -0.39 is 5.41 Å². The predicted octanol–water partition coefficient (Wildman–Crippen LogP) is 3.13. The first-order valence-corrected chi connectivity index (χ1v) is 7.23. The van der Waals surface area contributed by atoms with Gasteiger partial charge in [0.2, 0.25) is 5.91 Å². The third-order valence-corrected chi connectivity index (χ3v) is 4.46. The number of thiocarbonyl (C=S) groups is 1. The van der Waals surface area contributed by atoms with Crippen LogP contribution in [-0.4, -0.2) is 18.0 Å². The summed E-state index contributed by atoms with van der Waals surface area (Å²) >= 11 is 11.1. The number of rotatable bonds is 4. The van der Waals surface area contributed by atoms with Gasteiger partial charge in [0, 0.05) is 5.69 Å². The molecule has 0 saturated heterocycles. The smallest absolute Gasteiger partial charge is 0.237 e. The van der Waals surface area contributed by atoms with Crippen molar-refractivity contribution < 1.29 is 9.53 Å². The van der Waals surface area contributed by atoms with E-state index in [1.54, 1.807) is 25.3 Å². The van der Waals surface area contributed by atoms with Crippen molar-refractivity contribution in [2.45, 2.75) is 25.7 Å². The molecule has 1 aliphatic carbocycles. The highest BCUT2D eigenvalue weighted by Gasteiger charge is 2.43. The highest BCUT2D eigenvalue weighted by Crippen LogP contribution is 2.39. The molecule has 1 saturated carbocycles. The summed E-state index contributed by atoms with van der Waals surface area (Å²) in [7, 11) is 1.54. The Kier molecular flexibility index (Phi) is 4.50. The Hall–Kier alpha value is -1.33. The second-order valence-electron chi connectivity index (χ2n) is 4.96. The molecule has 6 heteroatoms. The van der Waals surface area contributed by atoms with Gasteiger partial charge in [-0.3, -0.25) is 4.79 Å².